The number of rotatable bonds is 7. The standard InChI is InChI=1S/C17H22N2O4/c1-10-8-14(10)17(23)19-13-5-3-4-12(9-13)16(22)18-11(2)6-7-15(20)21/h3-5,9-11,14H,6-8H2,1-2H3,(H,18,22)(H,19,23)(H,20,21). The van der Waals surface area contributed by atoms with Gasteiger partial charge in [0.25, 0.3) is 5.91 Å². The molecule has 0 aromatic heterocycles. The molecular weight excluding hydrogens is 296 g/mol. The van der Waals surface area contributed by atoms with Crippen LogP contribution in [0.25, 0.3) is 0 Å². The fourth-order valence-corrected chi connectivity index (χ4v) is 2.38. The summed E-state index contributed by atoms with van der Waals surface area (Å²) in [5.41, 5.74) is 1.04. The third kappa shape index (κ3) is 5.09. The fourth-order valence-electron chi connectivity index (χ4n) is 2.38. The van der Waals surface area contributed by atoms with Gasteiger partial charge in [0.1, 0.15) is 0 Å². The van der Waals surface area contributed by atoms with Gasteiger partial charge in [-0.05, 0) is 43.9 Å². The second kappa shape index (κ2) is 7.26. The first kappa shape index (κ1) is 17.0. The predicted octanol–water partition coefficient (Wildman–Crippen LogP) is 2.26. The number of carboxylic acid groups (broad SMARTS) is 1. The summed E-state index contributed by atoms with van der Waals surface area (Å²) in [7, 11) is 0. The average Bonchev–Trinajstić information content (AvgIpc) is 3.22. The lowest BCUT2D eigenvalue weighted by Gasteiger charge is -2.13. The molecule has 1 aliphatic carbocycles. The quantitative estimate of drug-likeness (QED) is 0.718. The van der Waals surface area contributed by atoms with E-state index in [-0.39, 0.29) is 30.2 Å². The van der Waals surface area contributed by atoms with Crippen molar-refractivity contribution in [3.8, 4) is 0 Å². The second-order valence-corrected chi connectivity index (χ2v) is 6.20. The van der Waals surface area contributed by atoms with Crippen molar-refractivity contribution in [1.82, 2.24) is 5.32 Å². The van der Waals surface area contributed by atoms with E-state index < -0.39 is 5.97 Å². The van der Waals surface area contributed by atoms with Crippen LogP contribution in [0, 0.1) is 11.8 Å². The van der Waals surface area contributed by atoms with E-state index in [0.717, 1.165) is 6.42 Å². The van der Waals surface area contributed by atoms with Crippen molar-refractivity contribution in [3.05, 3.63) is 29.8 Å². The van der Waals surface area contributed by atoms with E-state index in [1.54, 1.807) is 31.2 Å². The van der Waals surface area contributed by atoms with E-state index >= 15 is 0 Å². The van der Waals surface area contributed by atoms with Gasteiger partial charge in [0, 0.05) is 29.6 Å². The van der Waals surface area contributed by atoms with E-state index in [1.807, 2.05) is 6.92 Å². The van der Waals surface area contributed by atoms with Crippen LogP contribution in [0.5, 0.6) is 0 Å². The minimum Gasteiger partial charge on any atom is -0.481 e. The van der Waals surface area contributed by atoms with Gasteiger partial charge in [-0.25, -0.2) is 0 Å². The summed E-state index contributed by atoms with van der Waals surface area (Å²) in [6, 6.07) is 6.51. The molecule has 1 fully saturated rings. The van der Waals surface area contributed by atoms with Crippen LogP contribution < -0.4 is 10.6 Å². The van der Waals surface area contributed by atoms with Gasteiger partial charge in [-0.15, -0.1) is 0 Å². The summed E-state index contributed by atoms with van der Waals surface area (Å²) < 4.78 is 0. The fraction of sp³-hybridized carbons (Fsp3) is 0.471. The van der Waals surface area contributed by atoms with Gasteiger partial charge >= 0.3 is 5.97 Å². The van der Waals surface area contributed by atoms with Crippen LogP contribution >= 0.6 is 0 Å². The third-order valence-corrected chi connectivity index (χ3v) is 4.01. The molecule has 0 bridgehead atoms. The number of nitrogens with one attached hydrogen (secondary N) is 2. The molecule has 0 radical (unpaired) electrons. The Morgan fingerprint density at radius 1 is 1.35 bits per heavy atom. The molecule has 0 heterocycles. The Hall–Kier alpha value is -2.37. The zero-order valence-corrected chi connectivity index (χ0v) is 13.3. The number of benzene rings is 1. The Kier molecular flexibility index (Phi) is 5.36. The molecule has 124 valence electrons. The zero-order chi connectivity index (χ0) is 17.0. The molecule has 1 aromatic rings. The maximum atomic E-state index is 12.2. The highest BCUT2D eigenvalue weighted by atomic mass is 16.4. The van der Waals surface area contributed by atoms with Crippen LogP contribution in [0.1, 0.15) is 43.5 Å². The molecule has 1 aromatic carbocycles. The molecule has 0 spiro atoms. The monoisotopic (exact) mass is 318 g/mol. The van der Waals surface area contributed by atoms with Crippen molar-refractivity contribution in [3.63, 3.8) is 0 Å². The smallest absolute Gasteiger partial charge is 0.303 e. The van der Waals surface area contributed by atoms with Gasteiger partial charge in [0.15, 0.2) is 0 Å². The molecule has 3 N–H and O–H groups in total. The van der Waals surface area contributed by atoms with Crippen molar-refractivity contribution in [2.24, 2.45) is 11.8 Å². The van der Waals surface area contributed by atoms with Gasteiger partial charge in [-0.3, -0.25) is 14.4 Å². The number of aliphatic carboxylic acids is 1. The highest BCUT2D eigenvalue weighted by molar-refractivity contribution is 5.98. The molecule has 0 aliphatic heterocycles. The van der Waals surface area contributed by atoms with Crippen LogP contribution in [-0.2, 0) is 9.59 Å². The molecule has 2 amide bonds. The zero-order valence-electron chi connectivity index (χ0n) is 13.3. The molecule has 3 atom stereocenters. The summed E-state index contributed by atoms with van der Waals surface area (Å²) in [6.07, 6.45) is 1.29. The first-order valence-electron chi connectivity index (χ1n) is 7.80. The summed E-state index contributed by atoms with van der Waals surface area (Å²) in [5.74, 6) is -0.672. The summed E-state index contributed by atoms with van der Waals surface area (Å²) in [6.45, 7) is 3.80. The highest BCUT2D eigenvalue weighted by Crippen LogP contribution is 2.38. The Balaban J connectivity index is 1.91. The van der Waals surface area contributed by atoms with Crippen molar-refractivity contribution >= 4 is 23.5 Å². The van der Waals surface area contributed by atoms with Gasteiger partial charge in [0.2, 0.25) is 5.91 Å². The maximum absolute atomic E-state index is 12.2. The van der Waals surface area contributed by atoms with Gasteiger partial charge in [-0.2, -0.15) is 0 Å². The van der Waals surface area contributed by atoms with Crippen LogP contribution in [-0.4, -0.2) is 28.9 Å². The molecule has 1 aliphatic rings. The molecule has 2 rings (SSSR count). The maximum Gasteiger partial charge on any atom is 0.303 e. The van der Waals surface area contributed by atoms with Crippen LogP contribution in [0.4, 0.5) is 5.69 Å². The van der Waals surface area contributed by atoms with E-state index in [0.29, 0.717) is 23.6 Å². The Morgan fingerprint density at radius 3 is 2.65 bits per heavy atom. The summed E-state index contributed by atoms with van der Waals surface area (Å²) in [4.78, 5) is 34.6. The Bertz CT molecular complexity index is 614. The number of hydrogen-bond acceptors (Lipinski definition) is 3. The molecule has 6 nitrogen and oxygen atoms in total. The summed E-state index contributed by atoms with van der Waals surface area (Å²) >= 11 is 0. The van der Waals surface area contributed by atoms with Crippen LogP contribution in [0.2, 0.25) is 0 Å². The molecule has 1 saturated carbocycles. The van der Waals surface area contributed by atoms with Crippen LogP contribution in [0.3, 0.4) is 0 Å². The molecule has 6 heteroatoms. The van der Waals surface area contributed by atoms with Crippen molar-refractivity contribution in [2.45, 2.75) is 39.2 Å². The average molecular weight is 318 g/mol. The number of carbonyl (C=O) groups excluding carboxylic acids is 2. The topological polar surface area (TPSA) is 95.5 Å². The van der Waals surface area contributed by atoms with E-state index in [1.165, 1.54) is 0 Å². The molecular formula is C17H22N2O4. The van der Waals surface area contributed by atoms with E-state index in [4.69, 9.17) is 5.11 Å². The predicted molar refractivity (Wildman–Crippen MR) is 86.1 cm³/mol. The highest BCUT2D eigenvalue weighted by Gasteiger charge is 2.39. The Labute approximate surface area is 135 Å². The van der Waals surface area contributed by atoms with Gasteiger partial charge in [0.05, 0.1) is 0 Å². The Morgan fingerprint density at radius 2 is 2.04 bits per heavy atom. The van der Waals surface area contributed by atoms with E-state index in [2.05, 4.69) is 10.6 Å². The number of hydrogen-bond donors (Lipinski definition) is 3. The second-order valence-electron chi connectivity index (χ2n) is 6.20. The third-order valence-electron chi connectivity index (χ3n) is 4.01. The lowest BCUT2D eigenvalue weighted by atomic mass is 10.1. The lowest BCUT2D eigenvalue weighted by molar-refractivity contribution is -0.137. The van der Waals surface area contributed by atoms with Crippen molar-refractivity contribution in [2.75, 3.05) is 5.32 Å². The number of carbonyl (C=O) groups is 3. The molecule has 0 saturated heterocycles. The SMILES string of the molecule is CC(CCC(=O)O)NC(=O)c1cccc(NC(=O)C2CC2C)c1. The van der Waals surface area contributed by atoms with Gasteiger partial charge in [-0.1, -0.05) is 13.0 Å². The van der Waals surface area contributed by atoms with Gasteiger partial charge < -0.3 is 15.7 Å². The van der Waals surface area contributed by atoms with E-state index in [9.17, 15) is 14.4 Å². The first-order chi connectivity index (χ1) is 10.9. The first-order valence-corrected chi connectivity index (χ1v) is 7.80. The minimum atomic E-state index is -0.884. The largest absolute Gasteiger partial charge is 0.481 e. The lowest BCUT2D eigenvalue weighted by Crippen LogP contribution is -2.33. The number of carboxylic acids is 1. The van der Waals surface area contributed by atoms with Crippen molar-refractivity contribution < 1.29 is 19.5 Å². The molecule has 23 heavy (non-hydrogen) atoms. The number of amides is 2. The number of anilines is 1. The minimum absolute atomic E-state index is 0.00937. The molecule has 3 unspecified atom stereocenters. The van der Waals surface area contributed by atoms with Crippen molar-refractivity contribution in [1.29, 1.82) is 0 Å². The summed E-state index contributed by atoms with van der Waals surface area (Å²) in [5, 5.41) is 14.2. The normalized spacial score (nSPS) is 20.4. The van der Waals surface area contributed by atoms with Crippen LogP contribution in [0.15, 0.2) is 24.3 Å².